The molecule has 0 rings (SSSR count). The molecule has 1 N–H and O–H groups in total. The van der Waals surface area contributed by atoms with Crippen LogP contribution in [0.25, 0.3) is 0 Å². The van der Waals surface area contributed by atoms with Crippen molar-refractivity contribution in [2.45, 2.75) is 32.0 Å². The van der Waals surface area contributed by atoms with Gasteiger partial charge in [-0.1, -0.05) is 13.3 Å². The smallest absolute Gasteiger partial charge is 0.361 e. The van der Waals surface area contributed by atoms with Crippen LogP contribution in [0.3, 0.4) is 0 Å². The van der Waals surface area contributed by atoms with Crippen LogP contribution in [0.5, 0.6) is 0 Å². The summed E-state index contributed by atoms with van der Waals surface area (Å²) in [6.07, 6.45) is 1.12. The number of aliphatic hydroxyl groups is 1. The lowest BCUT2D eigenvalue weighted by molar-refractivity contribution is 0.0860. The van der Waals surface area contributed by atoms with Crippen LogP contribution < -0.4 is 0 Å². The zero-order valence-corrected chi connectivity index (χ0v) is 8.93. The molecule has 0 aromatic heterocycles. The number of rotatable bonds is 5. The Hall–Kier alpha value is 0.110. The van der Waals surface area contributed by atoms with Crippen molar-refractivity contribution in [2.75, 3.05) is 14.2 Å². The Labute approximate surface area is 73.4 Å². The summed E-state index contributed by atoms with van der Waals surface area (Å²) in [7, 11) is -0.801. The van der Waals surface area contributed by atoms with Gasteiger partial charge in [0.1, 0.15) is 0 Å². The largest absolute Gasteiger partial charge is 0.377 e. The van der Waals surface area contributed by atoms with E-state index in [-0.39, 0.29) is 0 Å². The monoisotopic (exact) mass is 196 g/mol. The fourth-order valence-corrected chi connectivity index (χ4v) is 2.51. The molecule has 4 nitrogen and oxygen atoms in total. The van der Waals surface area contributed by atoms with Crippen molar-refractivity contribution >= 4 is 7.60 Å². The zero-order valence-electron chi connectivity index (χ0n) is 8.03. The number of hydrogen-bond acceptors (Lipinski definition) is 4. The lowest BCUT2D eigenvalue weighted by atomic mass is 10.2. The van der Waals surface area contributed by atoms with E-state index in [9.17, 15) is 9.67 Å². The summed E-state index contributed by atoms with van der Waals surface area (Å²) < 4.78 is 21.0. The molecule has 0 aromatic carbocycles. The Morgan fingerprint density at radius 2 is 1.83 bits per heavy atom. The van der Waals surface area contributed by atoms with E-state index in [4.69, 9.17) is 0 Å². The van der Waals surface area contributed by atoms with Gasteiger partial charge in [0.05, 0.1) is 0 Å². The minimum absolute atomic E-state index is 0.395. The van der Waals surface area contributed by atoms with Crippen LogP contribution in [0, 0.1) is 0 Å². The van der Waals surface area contributed by atoms with E-state index >= 15 is 0 Å². The highest BCUT2D eigenvalue weighted by Gasteiger charge is 2.43. The first-order valence-corrected chi connectivity index (χ1v) is 5.41. The van der Waals surface area contributed by atoms with Crippen LogP contribution in [-0.2, 0) is 13.6 Å². The van der Waals surface area contributed by atoms with Crippen LogP contribution >= 0.6 is 7.60 Å². The molecule has 5 heteroatoms. The minimum atomic E-state index is -3.35. The molecule has 0 aliphatic rings. The minimum Gasteiger partial charge on any atom is -0.377 e. The molecule has 1 unspecified atom stereocenters. The Kier molecular flexibility index (Phi) is 4.42. The molecule has 0 bridgehead atoms. The lowest BCUT2D eigenvalue weighted by Gasteiger charge is -2.29. The topological polar surface area (TPSA) is 55.8 Å². The molecule has 1 atom stereocenters. The van der Waals surface area contributed by atoms with Crippen molar-refractivity contribution < 1.29 is 18.7 Å². The molecule has 0 amide bonds. The summed E-state index contributed by atoms with van der Waals surface area (Å²) in [5.41, 5.74) is 0. The summed E-state index contributed by atoms with van der Waals surface area (Å²) >= 11 is 0. The van der Waals surface area contributed by atoms with E-state index < -0.39 is 12.9 Å². The second-order valence-electron chi connectivity index (χ2n) is 2.83. The normalized spacial score (nSPS) is 17.4. The highest BCUT2D eigenvalue weighted by molar-refractivity contribution is 7.55. The summed E-state index contributed by atoms with van der Waals surface area (Å²) in [6, 6.07) is 0. The highest BCUT2D eigenvalue weighted by Crippen LogP contribution is 2.59. The molecular formula is C7H17O4P. The van der Waals surface area contributed by atoms with Crippen LogP contribution in [0.2, 0.25) is 0 Å². The lowest BCUT2D eigenvalue weighted by Crippen LogP contribution is -2.25. The van der Waals surface area contributed by atoms with Crippen LogP contribution in [-0.4, -0.2) is 24.7 Å². The van der Waals surface area contributed by atoms with Crippen LogP contribution in [0.1, 0.15) is 26.7 Å². The van der Waals surface area contributed by atoms with Gasteiger partial charge in [0, 0.05) is 14.2 Å². The van der Waals surface area contributed by atoms with Crippen molar-refractivity contribution in [3.8, 4) is 0 Å². The fourth-order valence-electron chi connectivity index (χ4n) is 1.08. The van der Waals surface area contributed by atoms with Gasteiger partial charge in [0.2, 0.25) is 0 Å². The van der Waals surface area contributed by atoms with Crippen molar-refractivity contribution in [3.05, 3.63) is 0 Å². The van der Waals surface area contributed by atoms with Gasteiger partial charge in [-0.25, -0.2) is 0 Å². The predicted molar refractivity (Wildman–Crippen MR) is 47.2 cm³/mol. The van der Waals surface area contributed by atoms with E-state index in [1.807, 2.05) is 6.92 Å². The van der Waals surface area contributed by atoms with Crippen LogP contribution in [0.4, 0.5) is 0 Å². The van der Waals surface area contributed by atoms with E-state index in [2.05, 4.69) is 9.05 Å². The number of hydrogen-bond donors (Lipinski definition) is 1. The van der Waals surface area contributed by atoms with Crippen LogP contribution in [0.15, 0.2) is 0 Å². The molecule has 0 heterocycles. The Bertz CT molecular complexity index is 170. The molecule has 0 saturated heterocycles. The first kappa shape index (κ1) is 12.1. The van der Waals surface area contributed by atoms with Gasteiger partial charge in [-0.15, -0.1) is 0 Å². The molecule has 0 aromatic rings. The van der Waals surface area contributed by atoms with Gasteiger partial charge in [-0.2, -0.15) is 0 Å². The van der Waals surface area contributed by atoms with Gasteiger partial charge in [-0.05, 0) is 13.3 Å². The highest BCUT2D eigenvalue weighted by atomic mass is 31.2. The Morgan fingerprint density at radius 3 is 2.08 bits per heavy atom. The maximum absolute atomic E-state index is 11.7. The Morgan fingerprint density at radius 1 is 1.42 bits per heavy atom. The fraction of sp³-hybridized carbons (Fsp3) is 1.00. The van der Waals surface area contributed by atoms with Crippen molar-refractivity contribution in [2.24, 2.45) is 0 Å². The molecule has 0 spiro atoms. The second kappa shape index (κ2) is 4.38. The zero-order chi connectivity index (χ0) is 9.83. The summed E-state index contributed by atoms with van der Waals surface area (Å²) in [6.45, 7) is 3.36. The maximum Gasteiger partial charge on any atom is 0.361 e. The van der Waals surface area contributed by atoms with E-state index in [1.54, 1.807) is 0 Å². The van der Waals surface area contributed by atoms with E-state index in [0.717, 1.165) is 6.42 Å². The predicted octanol–water partition coefficient (Wildman–Crippen LogP) is 1.98. The third-order valence-electron chi connectivity index (χ3n) is 1.79. The first-order valence-electron chi connectivity index (χ1n) is 3.87. The summed E-state index contributed by atoms with van der Waals surface area (Å²) in [4.78, 5) is 0. The summed E-state index contributed by atoms with van der Waals surface area (Å²) in [5, 5.41) is 8.34. The third kappa shape index (κ3) is 2.30. The molecule has 0 saturated carbocycles. The molecule has 0 aliphatic carbocycles. The maximum atomic E-state index is 11.7. The van der Waals surface area contributed by atoms with E-state index in [0.29, 0.717) is 6.42 Å². The third-order valence-corrected chi connectivity index (χ3v) is 4.16. The van der Waals surface area contributed by atoms with Gasteiger partial charge < -0.3 is 14.2 Å². The van der Waals surface area contributed by atoms with E-state index in [1.165, 1.54) is 21.1 Å². The molecule has 12 heavy (non-hydrogen) atoms. The van der Waals surface area contributed by atoms with Crippen molar-refractivity contribution in [1.82, 2.24) is 0 Å². The second-order valence-corrected chi connectivity index (χ2v) is 5.52. The molecule has 0 aliphatic heterocycles. The van der Waals surface area contributed by atoms with Gasteiger partial charge >= 0.3 is 7.60 Å². The molecule has 0 fully saturated rings. The molecule has 0 radical (unpaired) electrons. The quantitative estimate of drug-likeness (QED) is 0.683. The Balaban J connectivity index is 4.59. The average molecular weight is 196 g/mol. The standard InChI is InChI=1S/C7H17O4P/c1-5-6-7(2,8)12(9,10-3)11-4/h8H,5-6H2,1-4H3. The average Bonchev–Trinajstić information content (AvgIpc) is 2.02. The summed E-state index contributed by atoms with van der Waals surface area (Å²) in [5.74, 6) is 0. The SMILES string of the molecule is CCCC(C)(O)P(=O)(OC)OC. The van der Waals surface area contributed by atoms with Crippen molar-refractivity contribution in [1.29, 1.82) is 0 Å². The van der Waals surface area contributed by atoms with Gasteiger partial charge in [-0.3, -0.25) is 4.57 Å². The van der Waals surface area contributed by atoms with Gasteiger partial charge in [0.25, 0.3) is 0 Å². The molecular weight excluding hydrogens is 179 g/mol. The van der Waals surface area contributed by atoms with Gasteiger partial charge in [0.15, 0.2) is 5.34 Å². The molecule has 74 valence electrons. The van der Waals surface area contributed by atoms with Crippen molar-refractivity contribution in [3.63, 3.8) is 0 Å². The first-order chi connectivity index (χ1) is 5.43.